The zero-order valence-electron chi connectivity index (χ0n) is 17.1. The van der Waals surface area contributed by atoms with Crippen LogP contribution in [0.2, 0.25) is 0 Å². The number of rotatable bonds is 8. The molecule has 4 heteroatoms. The first kappa shape index (κ1) is 20.0. The molecule has 1 saturated heterocycles. The lowest BCUT2D eigenvalue weighted by Gasteiger charge is -2.28. The Morgan fingerprint density at radius 3 is 2.24 bits per heavy atom. The number of carbonyl (C=O) groups is 1. The highest BCUT2D eigenvalue weighted by molar-refractivity contribution is 5.91. The molecule has 0 aromatic heterocycles. The van der Waals surface area contributed by atoms with Gasteiger partial charge in [-0.15, -0.1) is 0 Å². The SMILES string of the molecule is CCCC1CCC(c2ccc(OC(=O)c3ccc(OCC4CO4)cc3)cc2)CC1. The highest BCUT2D eigenvalue weighted by atomic mass is 16.6. The molecule has 4 nitrogen and oxygen atoms in total. The van der Waals surface area contributed by atoms with Gasteiger partial charge in [-0.1, -0.05) is 31.9 Å². The van der Waals surface area contributed by atoms with E-state index in [0.29, 0.717) is 23.8 Å². The normalized spacial score (nSPS) is 23.4. The van der Waals surface area contributed by atoms with Crippen molar-refractivity contribution in [1.29, 1.82) is 0 Å². The maximum Gasteiger partial charge on any atom is 0.343 e. The van der Waals surface area contributed by atoms with Gasteiger partial charge in [-0.25, -0.2) is 4.79 Å². The molecule has 4 rings (SSSR count). The summed E-state index contributed by atoms with van der Waals surface area (Å²) in [6, 6.07) is 15.1. The van der Waals surface area contributed by atoms with Gasteiger partial charge >= 0.3 is 5.97 Å². The predicted octanol–water partition coefficient (Wildman–Crippen LogP) is 5.76. The molecule has 1 aliphatic carbocycles. The van der Waals surface area contributed by atoms with Crippen LogP contribution in [0.15, 0.2) is 48.5 Å². The molecule has 2 aliphatic rings. The van der Waals surface area contributed by atoms with E-state index in [4.69, 9.17) is 14.2 Å². The van der Waals surface area contributed by atoms with Gasteiger partial charge < -0.3 is 14.2 Å². The van der Waals surface area contributed by atoms with Gasteiger partial charge in [0.15, 0.2) is 0 Å². The number of hydrogen-bond acceptors (Lipinski definition) is 4. The van der Waals surface area contributed by atoms with Gasteiger partial charge in [0.2, 0.25) is 0 Å². The van der Waals surface area contributed by atoms with Crippen LogP contribution in [0.5, 0.6) is 11.5 Å². The van der Waals surface area contributed by atoms with Crippen LogP contribution in [-0.2, 0) is 4.74 Å². The van der Waals surface area contributed by atoms with E-state index in [0.717, 1.165) is 18.3 Å². The number of carbonyl (C=O) groups excluding carboxylic acids is 1. The van der Waals surface area contributed by atoms with Crippen molar-refractivity contribution in [2.45, 2.75) is 57.5 Å². The Kier molecular flexibility index (Phi) is 6.50. The molecule has 1 atom stereocenters. The van der Waals surface area contributed by atoms with Gasteiger partial charge in [-0.2, -0.15) is 0 Å². The lowest BCUT2D eigenvalue weighted by atomic mass is 9.77. The fourth-order valence-corrected chi connectivity index (χ4v) is 4.21. The molecule has 1 heterocycles. The molecule has 2 fully saturated rings. The van der Waals surface area contributed by atoms with Crippen LogP contribution < -0.4 is 9.47 Å². The quantitative estimate of drug-likeness (QED) is 0.325. The van der Waals surface area contributed by atoms with Crippen LogP contribution in [0.4, 0.5) is 0 Å². The standard InChI is InChI=1S/C25H30O4/c1-2-3-18-4-6-19(7-5-18)20-8-14-23(15-9-20)29-25(26)21-10-12-22(13-11-21)27-16-24-17-28-24/h8-15,18-19,24H,2-7,16-17H2,1H3. The zero-order valence-corrected chi connectivity index (χ0v) is 17.1. The van der Waals surface area contributed by atoms with E-state index in [1.165, 1.54) is 44.1 Å². The van der Waals surface area contributed by atoms with Crippen LogP contribution in [0.1, 0.15) is 67.3 Å². The third kappa shape index (κ3) is 5.60. The highest BCUT2D eigenvalue weighted by Crippen LogP contribution is 2.37. The summed E-state index contributed by atoms with van der Waals surface area (Å²) in [6.07, 6.45) is 8.08. The van der Waals surface area contributed by atoms with E-state index in [-0.39, 0.29) is 12.1 Å². The Bertz CT molecular complexity index is 785. The first-order valence-corrected chi connectivity index (χ1v) is 10.9. The first-order valence-electron chi connectivity index (χ1n) is 10.9. The Balaban J connectivity index is 1.28. The van der Waals surface area contributed by atoms with E-state index in [9.17, 15) is 4.79 Å². The van der Waals surface area contributed by atoms with E-state index < -0.39 is 0 Å². The molecule has 2 aromatic carbocycles. The molecule has 2 aromatic rings. The predicted molar refractivity (Wildman–Crippen MR) is 113 cm³/mol. The van der Waals surface area contributed by atoms with E-state index in [2.05, 4.69) is 19.1 Å². The van der Waals surface area contributed by atoms with Crippen molar-refractivity contribution >= 4 is 5.97 Å². The second kappa shape index (κ2) is 9.45. The van der Waals surface area contributed by atoms with E-state index in [1.807, 2.05) is 12.1 Å². The molecule has 1 aliphatic heterocycles. The summed E-state index contributed by atoms with van der Waals surface area (Å²) in [5.74, 6) is 2.52. The number of esters is 1. The van der Waals surface area contributed by atoms with Gasteiger partial charge in [0.25, 0.3) is 0 Å². The summed E-state index contributed by atoms with van der Waals surface area (Å²) >= 11 is 0. The largest absolute Gasteiger partial charge is 0.491 e. The first-order chi connectivity index (χ1) is 14.2. The molecule has 0 spiro atoms. The number of hydrogen-bond donors (Lipinski definition) is 0. The molecule has 1 unspecified atom stereocenters. The lowest BCUT2D eigenvalue weighted by Crippen LogP contribution is -2.13. The van der Waals surface area contributed by atoms with Crippen LogP contribution in [0.25, 0.3) is 0 Å². The zero-order chi connectivity index (χ0) is 20.1. The summed E-state index contributed by atoms with van der Waals surface area (Å²) in [5, 5.41) is 0. The molecular weight excluding hydrogens is 364 g/mol. The molecule has 1 saturated carbocycles. The fraction of sp³-hybridized carbons (Fsp3) is 0.480. The Labute approximate surface area is 173 Å². The van der Waals surface area contributed by atoms with Crippen molar-refractivity contribution < 1.29 is 19.0 Å². The molecule has 29 heavy (non-hydrogen) atoms. The molecule has 0 radical (unpaired) electrons. The Morgan fingerprint density at radius 2 is 1.62 bits per heavy atom. The summed E-state index contributed by atoms with van der Waals surface area (Å²) in [4.78, 5) is 12.4. The van der Waals surface area contributed by atoms with Crippen LogP contribution in [0.3, 0.4) is 0 Å². The number of benzene rings is 2. The van der Waals surface area contributed by atoms with Crippen LogP contribution in [0, 0.1) is 5.92 Å². The van der Waals surface area contributed by atoms with E-state index in [1.54, 1.807) is 24.3 Å². The topological polar surface area (TPSA) is 48.1 Å². The van der Waals surface area contributed by atoms with Crippen molar-refractivity contribution in [2.24, 2.45) is 5.92 Å². The highest BCUT2D eigenvalue weighted by Gasteiger charge is 2.23. The van der Waals surface area contributed by atoms with Crippen molar-refractivity contribution in [3.63, 3.8) is 0 Å². The van der Waals surface area contributed by atoms with E-state index >= 15 is 0 Å². The minimum atomic E-state index is -0.352. The average molecular weight is 395 g/mol. The van der Waals surface area contributed by atoms with Crippen molar-refractivity contribution in [2.75, 3.05) is 13.2 Å². The van der Waals surface area contributed by atoms with Crippen LogP contribution in [-0.4, -0.2) is 25.3 Å². The molecule has 154 valence electrons. The molecule has 0 N–H and O–H groups in total. The Morgan fingerprint density at radius 1 is 0.966 bits per heavy atom. The second-order valence-corrected chi connectivity index (χ2v) is 8.26. The third-order valence-electron chi connectivity index (χ3n) is 6.03. The third-order valence-corrected chi connectivity index (χ3v) is 6.03. The maximum absolute atomic E-state index is 12.4. The number of epoxide rings is 1. The summed E-state index contributed by atoms with van der Waals surface area (Å²) in [5.41, 5.74) is 1.87. The van der Waals surface area contributed by atoms with Crippen molar-refractivity contribution in [3.8, 4) is 11.5 Å². The smallest absolute Gasteiger partial charge is 0.343 e. The van der Waals surface area contributed by atoms with Gasteiger partial charge in [0, 0.05) is 0 Å². The summed E-state index contributed by atoms with van der Waals surface area (Å²) in [7, 11) is 0. The molecular formula is C25H30O4. The molecule has 0 amide bonds. The monoisotopic (exact) mass is 394 g/mol. The van der Waals surface area contributed by atoms with Gasteiger partial charge in [-0.05, 0) is 79.5 Å². The maximum atomic E-state index is 12.4. The van der Waals surface area contributed by atoms with Gasteiger partial charge in [0.05, 0.1) is 12.2 Å². The van der Waals surface area contributed by atoms with Crippen molar-refractivity contribution in [3.05, 3.63) is 59.7 Å². The van der Waals surface area contributed by atoms with Crippen molar-refractivity contribution in [1.82, 2.24) is 0 Å². The number of ether oxygens (including phenoxy) is 3. The van der Waals surface area contributed by atoms with Gasteiger partial charge in [0.1, 0.15) is 24.2 Å². The van der Waals surface area contributed by atoms with Gasteiger partial charge in [-0.3, -0.25) is 0 Å². The fourth-order valence-electron chi connectivity index (χ4n) is 4.21. The average Bonchev–Trinajstić information content (AvgIpc) is 3.59. The second-order valence-electron chi connectivity index (χ2n) is 8.26. The Hall–Kier alpha value is -2.33. The lowest BCUT2D eigenvalue weighted by molar-refractivity contribution is 0.0734. The van der Waals surface area contributed by atoms with Crippen LogP contribution >= 0.6 is 0 Å². The minimum absolute atomic E-state index is 0.217. The molecule has 0 bridgehead atoms. The summed E-state index contributed by atoms with van der Waals surface area (Å²) < 4.78 is 16.3. The summed E-state index contributed by atoms with van der Waals surface area (Å²) in [6.45, 7) is 3.60. The minimum Gasteiger partial charge on any atom is -0.491 e.